The van der Waals surface area contributed by atoms with E-state index >= 15 is 0 Å². The summed E-state index contributed by atoms with van der Waals surface area (Å²) in [5.74, 6) is 1.54. The maximum atomic E-state index is 11.7. The van der Waals surface area contributed by atoms with Gasteiger partial charge in [0.1, 0.15) is 0 Å². The van der Waals surface area contributed by atoms with E-state index < -0.39 is 0 Å². The van der Waals surface area contributed by atoms with Crippen LogP contribution in [-0.2, 0) is 11.8 Å². The fraction of sp³-hybridized carbons (Fsp3) is 0.400. The highest BCUT2D eigenvalue weighted by Gasteiger charge is 2.12. The molecule has 7 heteroatoms. The van der Waals surface area contributed by atoms with E-state index in [4.69, 9.17) is 11.6 Å². The first-order valence-electron chi connectivity index (χ1n) is 7.02. The van der Waals surface area contributed by atoms with E-state index in [1.807, 2.05) is 35.9 Å². The van der Waals surface area contributed by atoms with E-state index in [0.717, 1.165) is 11.4 Å². The Morgan fingerprint density at radius 1 is 1.32 bits per heavy atom. The Balaban J connectivity index is 1.99. The SMILES string of the molecule is CC(C)CNC(=O)CSc1nnc(-c2ccc(Cl)cc2)n1C. The van der Waals surface area contributed by atoms with Crippen LogP contribution in [0.25, 0.3) is 11.4 Å². The zero-order valence-electron chi connectivity index (χ0n) is 12.8. The Hall–Kier alpha value is -1.53. The van der Waals surface area contributed by atoms with E-state index in [2.05, 4.69) is 29.4 Å². The minimum absolute atomic E-state index is 0.00902. The topological polar surface area (TPSA) is 59.8 Å². The molecule has 0 bridgehead atoms. The number of amides is 1. The second kappa shape index (κ2) is 7.65. The zero-order valence-corrected chi connectivity index (χ0v) is 14.4. The third-order valence-electron chi connectivity index (χ3n) is 2.98. The molecule has 0 atom stereocenters. The first-order valence-corrected chi connectivity index (χ1v) is 8.38. The van der Waals surface area contributed by atoms with Crippen LogP contribution in [0.15, 0.2) is 29.4 Å². The van der Waals surface area contributed by atoms with Gasteiger partial charge in [0.2, 0.25) is 5.91 Å². The van der Waals surface area contributed by atoms with Gasteiger partial charge in [-0.05, 0) is 30.2 Å². The van der Waals surface area contributed by atoms with Crippen LogP contribution in [0.3, 0.4) is 0 Å². The number of halogens is 1. The number of aromatic nitrogens is 3. The monoisotopic (exact) mass is 338 g/mol. The van der Waals surface area contributed by atoms with Crippen LogP contribution in [-0.4, -0.2) is 33.0 Å². The van der Waals surface area contributed by atoms with Gasteiger partial charge in [0.25, 0.3) is 0 Å². The van der Waals surface area contributed by atoms with Crippen LogP contribution < -0.4 is 5.32 Å². The van der Waals surface area contributed by atoms with Crippen molar-refractivity contribution in [3.05, 3.63) is 29.3 Å². The molecule has 2 aromatic rings. The van der Waals surface area contributed by atoms with E-state index in [1.54, 1.807) is 0 Å². The van der Waals surface area contributed by atoms with Gasteiger partial charge in [-0.3, -0.25) is 4.79 Å². The Kier molecular flexibility index (Phi) is 5.85. The smallest absolute Gasteiger partial charge is 0.230 e. The average molecular weight is 339 g/mol. The number of carbonyl (C=O) groups excluding carboxylic acids is 1. The molecule has 0 unspecified atom stereocenters. The van der Waals surface area contributed by atoms with Crippen LogP contribution >= 0.6 is 23.4 Å². The molecule has 1 heterocycles. The summed E-state index contributed by atoms with van der Waals surface area (Å²) in [5.41, 5.74) is 0.940. The number of thioether (sulfide) groups is 1. The Labute approximate surface area is 139 Å². The molecule has 1 amide bonds. The Bertz CT molecular complexity index is 639. The largest absolute Gasteiger partial charge is 0.355 e. The summed E-state index contributed by atoms with van der Waals surface area (Å²) in [6.45, 7) is 4.82. The van der Waals surface area contributed by atoms with Gasteiger partial charge >= 0.3 is 0 Å². The van der Waals surface area contributed by atoms with Crippen molar-refractivity contribution in [3.63, 3.8) is 0 Å². The van der Waals surface area contributed by atoms with Crippen LogP contribution in [0.2, 0.25) is 5.02 Å². The molecule has 1 N–H and O–H groups in total. The molecule has 1 aromatic heterocycles. The van der Waals surface area contributed by atoms with Gasteiger partial charge < -0.3 is 9.88 Å². The normalized spacial score (nSPS) is 11.0. The van der Waals surface area contributed by atoms with E-state index in [9.17, 15) is 4.79 Å². The van der Waals surface area contributed by atoms with Crippen molar-refractivity contribution in [1.82, 2.24) is 20.1 Å². The molecule has 0 fully saturated rings. The van der Waals surface area contributed by atoms with Gasteiger partial charge in [-0.1, -0.05) is 37.2 Å². The molecule has 118 valence electrons. The molecular weight excluding hydrogens is 320 g/mol. The first kappa shape index (κ1) is 16.8. The fourth-order valence-corrected chi connectivity index (χ4v) is 2.66. The van der Waals surface area contributed by atoms with Crippen molar-refractivity contribution in [3.8, 4) is 11.4 Å². The Morgan fingerprint density at radius 2 is 2.00 bits per heavy atom. The first-order chi connectivity index (χ1) is 10.5. The molecule has 0 aliphatic carbocycles. The summed E-state index contributed by atoms with van der Waals surface area (Å²) < 4.78 is 1.88. The van der Waals surface area contributed by atoms with E-state index in [0.29, 0.717) is 28.4 Å². The number of rotatable bonds is 6. The van der Waals surface area contributed by atoms with Crippen molar-refractivity contribution in [2.75, 3.05) is 12.3 Å². The van der Waals surface area contributed by atoms with Gasteiger partial charge in [0, 0.05) is 24.2 Å². The van der Waals surface area contributed by atoms with Gasteiger partial charge in [-0.25, -0.2) is 0 Å². The average Bonchev–Trinajstić information content (AvgIpc) is 2.85. The molecule has 5 nitrogen and oxygen atoms in total. The molecule has 0 radical (unpaired) electrons. The standard InChI is InChI=1S/C15H19ClN4OS/c1-10(2)8-17-13(21)9-22-15-19-18-14(20(15)3)11-4-6-12(16)7-5-11/h4-7,10H,8-9H2,1-3H3,(H,17,21). The summed E-state index contributed by atoms with van der Waals surface area (Å²) in [6, 6.07) is 7.43. The number of hydrogen-bond acceptors (Lipinski definition) is 4. The molecule has 1 aromatic carbocycles. The number of carbonyl (C=O) groups is 1. The fourth-order valence-electron chi connectivity index (χ4n) is 1.79. The molecule has 22 heavy (non-hydrogen) atoms. The highest BCUT2D eigenvalue weighted by molar-refractivity contribution is 7.99. The highest BCUT2D eigenvalue weighted by atomic mass is 35.5. The third-order valence-corrected chi connectivity index (χ3v) is 4.25. The number of nitrogens with one attached hydrogen (secondary N) is 1. The number of hydrogen-bond donors (Lipinski definition) is 1. The molecule has 0 aliphatic rings. The predicted molar refractivity (Wildman–Crippen MR) is 90.0 cm³/mol. The second-order valence-electron chi connectivity index (χ2n) is 5.36. The maximum Gasteiger partial charge on any atom is 0.230 e. The summed E-state index contributed by atoms with van der Waals surface area (Å²) in [5, 5.41) is 12.6. The van der Waals surface area contributed by atoms with Gasteiger partial charge in [0.15, 0.2) is 11.0 Å². The summed E-state index contributed by atoms with van der Waals surface area (Å²) in [4.78, 5) is 11.7. The zero-order chi connectivity index (χ0) is 16.1. The lowest BCUT2D eigenvalue weighted by Crippen LogP contribution is -2.28. The number of benzene rings is 1. The summed E-state index contributed by atoms with van der Waals surface area (Å²) in [7, 11) is 1.89. The van der Waals surface area contributed by atoms with Crippen molar-refractivity contribution in [2.24, 2.45) is 13.0 Å². The van der Waals surface area contributed by atoms with E-state index in [1.165, 1.54) is 11.8 Å². The third kappa shape index (κ3) is 4.48. The van der Waals surface area contributed by atoms with Crippen LogP contribution in [0.5, 0.6) is 0 Å². The molecule has 0 saturated carbocycles. The molecule has 2 rings (SSSR count). The second-order valence-corrected chi connectivity index (χ2v) is 6.74. The van der Waals surface area contributed by atoms with E-state index in [-0.39, 0.29) is 5.91 Å². The highest BCUT2D eigenvalue weighted by Crippen LogP contribution is 2.23. The number of nitrogens with zero attached hydrogens (tertiary/aromatic N) is 3. The maximum absolute atomic E-state index is 11.7. The summed E-state index contributed by atoms with van der Waals surface area (Å²) >= 11 is 7.27. The van der Waals surface area contributed by atoms with Gasteiger partial charge in [-0.15, -0.1) is 10.2 Å². The molecule has 0 saturated heterocycles. The lowest BCUT2D eigenvalue weighted by molar-refractivity contribution is -0.118. The van der Waals surface area contributed by atoms with Gasteiger partial charge in [-0.2, -0.15) is 0 Å². The van der Waals surface area contributed by atoms with Crippen LogP contribution in [0.1, 0.15) is 13.8 Å². The van der Waals surface area contributed by atoms with Crippen molar-refractivity contribution in [2.45, 2.75) is 19.0 Å². The minimum Gasteiger partial charge on any atom is -0.355 e. The quantitative estimate of drug-likeness (QED) is 0.822. The summed E-state index contributed by atoms with van der Waals surface area (Å²) in [6.07, 6.45) is 0. The van der Waals surface area contributed by atoms with Crippen molar-refractivity contribution < 1.29 is 4.79 Å². The molecular formula is C15H19ClN4OS. The molecule has 0 spiro atoms. The minimum atomic E-state index is 0.00902. The van der Waals surface area contributed by atoms with Crippen LogP contribution in [0.4, 0.5) is 0 Å². The molecule has 0 aliphatic heterocycles. The predicted octanol–water partition coefficient (Wildman–Crippen LogP) is 3.00. The van der Waals surface area contributed by atoms with Crippen LogP contribution in [0, 0.1) is 5.92 Å². The van der Waals surface area contributed by atoms with Crippen molar-refractivity contribution in [1.29, 1.82) is 0 Å². The lowest BCUT2D eigenvalue weighted by atomic mass is 10.2. The van der Waals surface area contributed by atoms with Gasteiger partial charge in [0.05, 0.1) is 5.75 Å². The Morgan fingerprint density at radius 3 is 2.64 bits per heavy atom. The lowest BCUT2D eigenvalue weighted by Gasteiger charge is -2.07. The van der Waals surface area contributed by atoms with Crippen molar-refractivity contribution >= 4 is 29.3 Å².